The van der Waals surface area contributed by atoms with Gasteiger partial charge in [-0.3, -0.25) is 9.59 Å². The fourth-order valence-corrected chi connectivity index (χ4v) is 2.80. The van der Waals surface area contributed by atoms with Gasteiger partial charge < -0.3 is 15.5 Å². The molecule has 0 aliphatic rings. The number of carbonyl (C=O) groups is 2. The number of carbonyl (C=O) groups excluding carboxylic acids is 2. The van der Waals surface area contributed by atoms with E-state index in [2.05, 4.69) is 15.6 Å². The summed E-state index contributed by atoms with van der Waals surface area (Å²) in [5.41, 5.74) is 0.449. The number of nitrogens with one attached hydrogen (secondary N) is 2. The number of thiazole rings is 1. The molecule has 0 unspecified atom stereocenters. The second kappa shape index (κ2) is 7.23. The summed E-state index contributed by atoms with van der Waals surface area (Å²) in [6, 6.07) is 4.25. The van der Waals surface area contributed by atoms with E-state index >= 15 is 0 Å². The molecular weight excluding hydrogens is 331 g/mol. The van der Waals surface area contributed by atoms with Crippen LogP contribution in [0.5, 0.6) is 0 Å². The van der Waals surface area contributed by atoms with Gasteiger partial charge in [0, 0.05) is 12.6 Å². The Kier molecular flexibility index (Phi) is 5.51. The van der Waals surface area contributed by atoms with Crippen LogP contribution < -0.4 is 10.6 Å². The minimum Gasteiger partial charge on any atom is -0.335 e. The van der Waals surface area contributed by atoms with Crippen LogP contribution >= 0.6 is 11.3 Å². The number of halogens is 1. The molecule has 0 spiro atoms. The van der Waals surface area contributed by atoms with Crippen molar-refractivity contribution in [2.24, 2.45) is 0 Å². The second-order valence-electron chi connectivity index (χ2n) is 6.53. The largest absolute Gasteiger partial charge is 0.335 e. The van der Waals surface area contributed by atoms with Gasteiger partial charge >= 0.3 is 0 Å². The normalized spacial score (nSPS) is 11.5. The van der Waals surface area contributed by atoms with E-state index in [0.717, 1.165) is 0 Å². The van der Waals surface area contributed by atoms with Crippen LogP contribution in [0.25, 0.3) is 10.2 Å². The highest BCUT2D eigenvalue weighted by molar-refractivity contribution is 7.22. The minimum absolute atomic E-state index is 0.0745. The van der Waals surface area contributed by atoms with Gasteiger partial charge in [0.15, 0.2) is 5.13 Å². The predicted molar refractivity (Wildman–Crippen MR) is 93.6 cm³/mol. The smallest absolute Gasteiger partial charge is 0.245 e. The minimum atomic E-state index is -0.347. The monoisotopic (exact) mass is 352 g/mol. The molecule has 1 aromatic carbocycles. The van der Waals surface area contributed by atoms with Gasteiger partial charge in [0.2, 0.25) is 11.8 Å². The number of hydrogen-bond acceptors (Lipinski definition) is 5. The average Bonchev–Trinajstić information content (AvgIpc) is 2.84. The summed E-state index contributed by atoms with van der Waals surface area (Å²) in [4.78, 5) is 29.6. The third-order valence-corrected chi connectivity index (χ3v) is 4.11. The van der Waals surface area contributed by atoms with Crippen molar-refractivity contribution in [1.82, 2.24) is 15.2 Å². The number of hydrogen-bond donors (Lipinski definition) is 2. The molecule has 1 heterocycles. The third kappa shape index (κ3) is 5.24. The van der Waals surface area contributed by atoms with Crippen molar-refractivity contribution in [2.75, 3.05) is 25.5 Å². The van der Waals surface area contributed by atoms with Crippen LogP contribution in [0.4, 0.5) is 9.52 Å². The van der Waals surface area contributed by atoms with Crippen LogP contribution in [0, 0.1) is 5.82 Å². The van der Waals surface area contributed by atoms with Crippen LogP contribution in [0.3, 0.4) is 0 Å². The number of amides is 2. The van der Waals surface area contributed by atoms with Crippen molar-refractivity contribution in [2.45, 2.75) is 26.3 Å². The molecule has 6 nitrogen and oxygen atoms in total. The number of nitrogens with zero attached hydrogens (tertiary/aromatic N) is 2. The molecule has 0 saturated heterocycles. The van der Waals surface area contributed by atoms with Crippen molar-refractivity contribution >= 4 is 38.5 Å². The van der Waals surface area contributed by atoms with Crippen molar-refractivity contribution in [1.29, 1.82) is 0 Å². The molecule has 0 saturated carbocycles. The van der Waals surface area contributed by atoms with Crippen molar-refractivity contribution in [3.05, 3.63) is 24.0 Å². The summed E-state index contributed by atoms with van der Waals surface area (Å²) in [5.74, 6) is -0.867. The number of anilines is 1. The first-order chi connectivity index (χ1) is 11.1. The molecular formula is C16H21FN4O2S. The van der Waals surface area contributed by atoms with Gasteiger partial charge in [0.1, 0.15) is 5.82 Å². The molecule has 2 rings (SSSR count). The Bertz CT molecular complexity index is 754. The van der Waals surface area contributed by atoms with Gasteiger partial charge in [-0.05, 0) is 39.0 Å². The summed E-state index contributed by atoms with van der Waals surface area (Å²) in [7, 11) is 1.57. The summed E-state index contributed by atoms with van der Waals surface area (Å²) in [5, 5.41) is 6.10. The Hall–Kier alpha value is -2.06. The first-order valence-corrected chi connectivity index (χ1v) is 8.30. The van der Waals surface area contributed by atoms with E-state index in [4.69, 9.17) is 0 Å². The molecule has 24 heavy (non-hydrogen) atoms. The number of aromatic nitrogens is 1. The summed E-state index contributed by atoms with van der Waals surface area (Å²) in [6.45, 7) is 5.97. The molecule has 0 aliphatic carbocycles. The van der Waals surface area contributed by atoms with E-state index in [1.807, 2.05) is 20.8 Å². The zero-order valence-electron chi connectivity index (χ0n) is 14.1. The maximum atomic E-state index is 13.2. The van der Waals surface area contributed by atoms with Crippen molar-refractivity contribution in [3.63, 3.8) is 0 Å². The summed E-state index contributed by atoms with van der Waals surface area (Å²) < 4.78 is 13.8. The summed E-state index contributed by atoms with van der Waals surface area (Å²) >= 11 is 1.19. The molecule has 0 fully saturated rings. The fraction of sp³-hybridized carbons (Fsp3) is 0.438. The molecule has 130 valence electrons. The van der Waals surface area contributed by atoms with E-state index in [9.17, 15) is 14.0 Å². The van der Waals surface area contributed by atoms with E-state index in [1.54, 1.807) is 13.1 Å². The van der Waals surface area contributed by atoms with E-state index in [0.29, 0.717) is 15.3 Å². The summed E-state index contributed by atoms with van der Waals surface area (Å²) in [6.07, 6.45) is 0. The Morgan fingerprint density at radius 3 is 2.71 bits per heavy atom. The zero-order chi connectivity index (χ0) is 17.9. The molecule has 0 atom stereocenters. The van der Waals surface area contributed by atoms with E-state index < -0.39 is 0 Å². The fourth-order valence-electron chi connectivity index (χ4n) is 1.89. The van der Waals surface area contributed by atoms with Gasteiger partial charge in [0.25, 0.3) is 0 Å². The van der Waals surface area contributed by atoms with Crippen LogP contribution in [0.1, 0.15) is 20.8 Å². The molecule has 1 aromatic heterocycles. The number of likely N-dealkylation sites (N-methyl/N-ethyl adjacent to an activating group) is 1. The second-order valence-corrected chi connectivity index (χ2v) is 7.56. The number of fused-ring (bicyclic) bond motifs is 1. The van der Waals surface area contributed by atoms with Gasteiger partial charge in [0.05, 0.1) is 23.3 Å². The topological polar surface area (TPSA) is 74.3 Å². The standard InChI is InChI=1S/C16H21FN4O2S/c1-16(2,3)18-8-14(23)21(4)9-13(22)20-15-19-11-6-5-10(17)7-12(11)24-15/h5-7,18H,8-9H2,1-4H3,(H,19,20,22). The lowest BCUT2D eigenvalue weighted by molar-refractivity contribution is -0.132. The molecule has 2 amide bonds. The highest BCUT2D eigenvalue weighted by Crippen LogP contribution is 2.26. The van der Waals surface area contributed by atoms with E-state index in [-0.39, 0.29) is 36.3 Å². The van der Waals surface area contributed by atoms with E-state index in [1.165, 1.54) is 28.4 Å². The maximum absolute atomic E-state index is 13.2. The molecule has 2 aromatic rings. The lowest BCUT2D eigenvalue weighted by Gasteiger charge is -2.23. The first kappa shape index (κ1) is 18.3. The van der Waals surface area contributed by atoms with Crippen molar-refractivity contribution < 1.29 is 14.0 Å². The van der Waals surface area contributed by atoms with Gasteiger partial charge in [-0.15, -0.1) is 0 Å². The Labute approximate surface area is 144 Å². The number of benzene rings is 1. The Balaban J connectivity index is 1.90. The third-order valence-electron chi connectivity index (χ3n) is 3.17. The average molecular weight is 352 g/mol. The lowest BCUT2D eigenvalue weighted by atomic mass is 10.1. The van der Waals surface area contributed by atoms with Crippen LogP contribution in [0.2, 0.25) is 0 Å². The van der Waals surface area contributed by atoms with Gasteiger partial charge in [-0.1, -0.05) is 11.3 Å². The SMILES string of the molecule is CN(CC(=O)Nc1nc2ccc(F)cc2s1)C(=O)CNC(C)(C)C. The predicted octanol–water partition coefficient (Wildman–Crippen LogP) is 2.22. The quantitative estimate of drug-likeness (QED) is 0.865. The van der Waals surface area contributed by atoms with Gasteiger partial charge in [-0.2, -0.15) is 0 Å². The molecule has 8 heteroatoms. The molecule has 0 radical (unpaired) electrons. The van der Waals surface area contributed by atoms with Crippen LogP contribution in [-0.4, -0.2) is 47.4 Å². The molecule has 0 bridgehead atoms. The maximum Gasteiger partial charge on any atom is 0.245 e. The Morgan fingerprint density at radius 1 is 1.33 bits per heavy atom. The first-order valence-electron chi connectivity index (χ1n) is 7.49. The molecule has 2 N–H and O–H groups in total. The van der Waals surface area contributed by atoms with Crippen molar-refractivity contribution in [3.8, 4) is 0 Å². The number of rotatable bonds is 5. The highest BCUT2D eigenvalue weighted by Gasteiger charge is 2.17. The van der Waals surface area contributed by atoms with Crippen LogP contribution in [0.15, 0.2) is 18.2 Å². The zero-order valence-corrected chi connectivity index (χ0v) is 15.0. The Morgan fingerprint density at radius 2 is 2.04 bits per heavy atom. The highest BCUT2D eigenvalue weighted by atomic mass is 32.1. The molecule has 0 aliphatic heterocycles. The van der Waals surface area contributed by atoms with Crippen LogP contribution in [-0.2, 0) is 9.59 Å². The lowest BCUT2D eigenvalue weighted by Crippen LogP contribution is -2.45. The van der Waals surface area contributed by atoms with Gasteiger partial charge in [-0.25, -0.2) is 9.37 Å².